The number of rotatable bonds is 8. The number of halogens is 2. The van der Waals surface area contributed by atoms with Gasteiger partial charge in [-0.25, -0.2) is 9.67 Å². The number of alkyl halides is 2. The van der Waals surface area contributed by atoms with Gasteiger partial charge in [0.05, 0.1) is 0 Å². The van der Waals surface area contributed by atoms with Crippen molar-refractivity contribution in [3.63, 3.8) is 0 Å². The van der Waals surface area contributed by atoms with Crippen LogP contribution < -0.4 is 15.4 Å². The van der Waals surface area contributed by atoms with Gasteiger partial charge < -0.3 is 15.4 Å². The summed E-state index contributed by atoms with van der Waals surface area (Å²) in [5, 5.41) is 10.1. The average molecular weight is 401 g/mol. The van der Waals surface area contributed by atoms with Gasteiger partial charge in [0.15, 0.2) is 0 Å². The maximum atomic E-state index is 12.3. The van der Waals surface area contributed by atoms with Crippen molar-refractivity contribution >= 4 is 17.3 Å². The first-order valence-electron chi connectivity index (χ1n) is 8.98. The minimum atomic E-state index is -2.84. The van der Waals surface area contributed by atoms with Crippen LogP contribution in [0.1, 0.15) is 31.5 Å². The van der Waals surface area contributed by atoms with Crippen molar-refractivity contribution in [3.8, 4) is 5.75 Å². The molecule has 3 aromatic rings. The van der Waals surface area contributed by atoms with Crippen molar-refractivity contribution in [2.75, 3.05) is 10.6 Å². The van der Waals surface area contributed by atoms with E-state index in [0.29, 0.717) is 5.69 Å². The first kappa shape index (κ1) is 20.2. The van der Waals surface area contributed by atoms with Crippen molar-refractivity contribution in [3.05, 3.63) is 66.7 Å². The largest absolute Gasteiger partial charge is 0.435 e. The second-order valence-electron chi connectivity index (χ2n) is 6.43. The number of ether oxygens (including phenoxy) is 1. The molecule has 2 atom stereocenters. The van der Waals surface area contributed by atoms with Gasteiger partial charge in [0.25, 0.3) is 0 Å². The van der Waals surface area contributed by atoms with E-state index in [1.807, 2.05) is 19.1 Å². The SMILES string of the molecule is CC(Nc1ccc(NC(=O)C(C)n2cncn2)cc1)c1ccc(OC(F)F)cc1. The summed E-state index contributed by atoms with van der Waals surface area (Å²) in [4.78, 5) is 16.1. The fourth-order valence-corrected chi connectivity index (χ4v) is 2.71. The minimum Gasteiger partial charge on any atom is -0.435 e. The molecular formula is C20H21F2N5O2. The summed E-state index contributed by atoms with van der Waals surface area (Å²) >= 11 is 0. The van der Waals surface area contributed by atoms with Crippen LogP contribution in [-0.4, -0.2) is 27.3 Å². The normalized spacial score (nSPS) is 13.0. The molecule has 29 heavy (non-hydrogen) atoms. The zero-order valence-corrected chi connectivity index (χ0v) is 15.9. The molecule has 7 nitrogen and oxygen atoms in total. The highest BCUT2D eigenvalue weighted by Gasteiger charge is 2.15. The number of anilines is 2. The molecule has 9 heteroatoms. The summed E-state index contributed by atoms with van der Waals surface area (Å²) in [6.07, 6.45) is 2.87. The van der Waals surface area contributed by atoms with Gasteiger partial charge in [-0.15, -0.1) is 0 Å². The van der Waals surface area contributed by atoms with Crippen molar-refractivity contribution in [1.29, 1.82) is 0 Å². The van der Waals surface area contributed by atoms with E-state index in [-0.39, 0.29) is 17.7 Å². The van der Waals surface area contributed by atoms with Gasteiger partial charge in [0, 0.05) is 17.4 Å². The third-order valence-electron chi connectivity index (χ3n) is 4.35. The second kappa shape index (κ2) is 9.13. The van der Waals surface area contributed by atoms with Crippen LogP contribution in [-0.2, 0) is 4.79 Å². The van der Waals surface area contributed by atoms with Crippen molar-refractivity contribution in [2.45, 2.75) is 32.5 Å². The Kier molecular flexibility index (Phi) is 6.38. The van der Waals surface area contributed by atoms with E-state index in [4.69, 9.17) is 0 Å². The Morgan fingerprint density at radius 1 is 1.03 bits per heavy atom. The van der Waals surface area contributed by atoms with Crippen molar-refractivity contribution in [2.24, 2.45) is 0 Å². The Morgan fingerprint density at radius 2 is 1.69 bits per heavy atom. The number of nitrogens with one attached hydrogen (secondary N) is 2. The van der Waals surface area contributed by atoms with Crippen LogP contribution in [0, 0.1) is 0 Å². The fraction of sp³-hybridized carbons (Fsp3) is 0.250. The number of carbonyl (C=O) groups is 1. The van der Waals surface area contributed by atoms with Crippen molar-refractivity contribution < 1.29 is 18.3 Å². The van der Waals surface area contributed by atoms with E-state index in [2.05, 4.69) is 25.5 Å². The number of carbonyl (C=O) groups excluding carboxylic acids is 1. The van der Waals surface area contributed by atoms with Crippen LogP contribution in [0.4, 0.5) is 20.2 Å². The summed E-state index contributed by atoms with van der Waals surface area (Å²) in [5.41, 5.74) is 2.44. The summed E-state index contributed by atoms with van der Waals surface area (Å²) in [6, 6.07) is 13.2. The molecule has 0 bridgehead atoms. The van der Waals surface area contributed by atoms with Gasteiger partial charge in [0.1, 0.15) is 24.4 Å². The fourth-order valence-electron chi connectivity index (χ4n) is 2.71. The molecule has 2 aromatic carbocycles. The predicted octanol–water partition coefficient (Wildman–Crippen LogP) is 4.25. The smallest absolute Gasteiger partial charge is 0.387 e. The van der Waals surface area contributed by atoms with Gasteiger partial charge in [-0.3, -0.25) is 4.79 Å². The molecular weight excluding hydrogens is 380 g/mol. The first-order chi connectivity index (χ1) is 13.9. The third-order valence-corrected chi connectivity index (χ3v) is 4.35. The summed E-state index contributed by atoms with van der Waals surface area (Å²) in [7, 11) is 0. The molecule has 3 rings (SSSR count). The van der Waals surface area contributed by atoms with E-state index in [1.54, 1.807) is 31.2 Å². The highest BCUT2D eigenvalue weighted by Crippen LogP contribution is 2.23. The first-order valence-corrected chi connectivity index (χ1v) is 8.98. The molecule has 0 aliphatic rings. The number of nitrogens with zero attached hydrogens (tertiary/aromatic N) is 3. The van der Waals surface area contributed by atoms with Crippen LogP contribution >= 0.6 is 0 Å². The van der Waals surface area contributed by atoms with E-state index in [0.717, 1.165) is 11.3 Å². The number of benzene rings is 2. The Morgan fingerprint density at radius 3 is 2.28 bits per heavy atom. The minimum absolute atomic E-state index is 0.0524. The topological polar surface area (TPSA) is 81.1 Å². The number of hydrogen-bond acceptors (Lipinski definition) is 5. The number of aromatic nitrogens is 3. The lowest BCUT2D eigenvalue weighted by Crippen LogP contribution is -2.24. The number of hydrogen-bond donors (Lipinski definition) is 2. The van der Waals surface area contributed by atoms with Crippen LogP contribution in [0.5, 0.6) is 5.75 Å². The lowest BCUT2D eigenvalue weighted by molar-refractivity contribution is -0.119. The highest BCUT2D eigenvalue weighted by molar-refractivity contribution is 5.93. The van der Waals surface area contributed by atoms with Gasteiger partial charge >= 0.3 is 6.61 Å². The maximum Gasteiger partial charge on any atom is 0.387 e. The Balaban J connectivity index is 1.56. The molecule has 0 saturated carbocycles. The zero-order chi connectivity index (χ0) is 20.8. The zero-order valence-electron chi connectivity index (χ0n) is 15.9. The van der Waals surface area contributed by atoms with Crippen LogP contribution in [0.15, 0.2) is 61.2 Å². The predicted molar refractivity (Wildman–Crippen MR) is 105 cm³/mol. The monoisotopic (exact) mass is 401 g/mol. The van der Waals surface area contributed by atoms with E-state index in [1.165, 1.54) is 29.5 Å². The Labute approximate surface area is 166 Å². The van der Waals surface area contributed by atoms with Crippen LogP contribution in [0.25, 0.3) is 0 Å². The second-order valence-corrected chi connectivity index (χ2v) is 6.43. The Hall–Kier alpha value is -3.49. The van der Waals surface area contributed by atoms with Gasteiger partial charge in [0.2, 0.25) is 5.91 Å². The summed E-state index contributed by atoms with van der Waals surface area (Å²) < 4.78 is 30.3. The van der Waals surface area contributed by atoms with E-state index < -0.39 is 12.7 Å². The molecule has 1 heterocycles. The average Bonchev–Trinajstić information content (AvgIpc) is 3.23. The molecule has 152 valence electrons. The quantitative estimate of drug-likeness (QED) is 0.590. The van der Waals surface area contributed by atoms with E-state index >= 15 is 0 Å². The maximum absolute atomic E-state index is 12.3. The Bertz CT molecular complexity index is 915. The molecule has 0 fully saturated rings. The molecule has 0 spiro atoms. The summed E-state index contributed by atoms with van der Waals surface area (Å²) in [5.74, 6) is -0.0770. The van der Waals surface area contributed by atoms with Crippen LogP contribution in [0.2, 0.25) is 0 Å². The van der Waals surface area contributed by atoms with Crippen LogP contribution in [0.3, 0.4) is 0 Å². The molecule has 0 radical (unpaired) electrons. The molecule has 0 aliphatic carbocycles. The van der Waals surface area contributed by atoms with Gasteiger partial charge in [-0.1, -0.05) is 12.1 Å². The molecule has 0 saturated heterocycles. The lowest BCUT2D eigenvalue weighted by atomic mass is 10.1. The van der Waals surface area contributed by atoms with Gasteiger partial charge in [-0.05, 0) is 55.8 Å². The molecule has 0 aliphatic heterocycles. The molecule has 2 N–H and O–H groups in total. The van der Waals surface area contributed by atoms with Gasteiger partial charge in [-0.2, -0.15) is 13.9 Å². The molecule has 2 unspecified atom stereocenters. The standard InChI is InChI=1S/C20H21F2N5O2/c1-13(15-3-9-18(10-4-15)29-20(21)22)25-16-5-7-17(8-6-16)26-19(28)14(2)27-12-23-11-24-27/h3-14,20,25H,1-2H3,(H,26,28). The molecule has 1 aromatic heterocycles. The summed E-state index contributed by atoms with van der Waals surface area (Å²) in [6.45, 7) is 0.854. The molecule has 1 amide bonds. The highest BCUT2D eigenvalue weighted by atomic mass is 19.3. The van der Waals surface area contributed by atoms with E-state index in [9.17, 15) is 13.6 Å². The number of amides is 1. The third kappa shape index (κ3) is 5.50. The lowest BCUT2D eigenvalue weighted by Gasteiger charge is -2.17. The van der Waals surface area contributed by atoms with Crippen molar-refractivity contribution in [1.82, 2.24) is 14.8 Å².